The van der Waals surface area contributed by atoms with Crippen LogP contribution in [0.15, 0.2) is 42.7 Å². The van der Waals surface area contributed by atoms with Crippen LogP contribution in [0.25, 0.3) is 0 Å². The number of ether oxygens (including phenoxy) is 1. The molecule has 6 heteroatoms. The first-order valence-electron chi connectivity index (χ1n) is 8.42. The van der Waals surface area contributed by atoms with E-state index in [-0.39, 0.29) is 11.9 Å². The Morgan fingerprint density at radius 2 is 2.21 bits per heavy atom. The highest BCUT2D eigenvalue weighted by Gasteiger charge is 2.24. The first-order chi connectivity index (χ1) is 11.7. The van der Waals surface area contributed by atoms with E-state index in [0.717, 1.165) is 25.4 Å². The molecule has 1 aliphatic rings. The molecule has 24 heavy (non-hydrogen) atoms. The van der Waals surface area contributed by atoms with Crippen LogP contribution in [0, 0.1) is 0 Å². The van der Waals surface area contributed by atoms with Gasteiger partial charge in [-0.25, -0.2) is 0 Å². The van der Waals surface area contributed by atoms with Crippen molar-refractivity contribution in [3.8, 4) is 0 Å². The van der Waals surface area contributed by atoms with Crippen molar-refractivity contribution in [2.45, 2.75) is 25.9 Å². The molecule has 1 atom stereocenters. The summed E-state index contributed by atoms with van der Waals surface area (Å²) in [6.45, 7) is 6.01. The number of anilines is 1. The second-order valence-corrected chi connectivity index (χ2v) is 6.02. The molecule has 2 aromatic rings. The highest BCUT2D eigenvalue weighted by molar-refractivity contribution is 5.90. The van der Waals surface area contributed by atoms with Crippen LogP contribution in [0.3, 0.4) is 0 Å². The van der Waals surface area contributed by atoms with Crippen molar-refractivity contribution in [1.29, 1.82) is 0 Å². The molecule has 128 valence electrons. The predicted molar refractivity (Wildman–Crippen MR) is 92.9 cm³/mol. The van der Waals surface area contributed by atoms with E-state index in [0.29, 0.717) is 19.6 Å². The number of carbonyl (C=O) groups excluding carboxylic acids is 1. The van der Waals surface area contributed by atoms with Crippen molar-refractivity contribution in [3.63, 3.8) is 0 Å². The minimum absolute atomic E-state index is 0.00297. The number of hydrogen-bond acceptors (Lipinski definition) is 4. The molecule has 0 bridgehead atoms. The lowest BCUT2D eigenvalue weighted by Crippen LogP contribution is -2.46. The topological polar surface area (TPSA) is 59.4 Å². The van der Waals surface area contributed by atoms with Crippen LogP contribution in [0.1, 0.15) is 18.9 Å². The largest absolute Gasteiger partial charge is 0.378 e. The molecule has 0 aliphatic carbocycles. The number of rotatable bonds is 6. The lowest BCUT2D eigenvalue weighted by Gasteiger charge is -2.34. The summed E-state index contributed by atoms with van der Waals surface area (Å²) in [5.41, 5.74) is 1.91. The van der Waals surface area contributed by atoms with Gasteiger partial charge in [-0.2, -0.15) is 5.10 Å². The van der Waals surface area contributed by atoms with E-state index < -0.39 is 0 Å². The maximum atomic E-state index is 12.3. The summed E-state index contributed by atoms with van der Waals surface area (Å²) in [4.78, 5) is 14.6. The standard InChI is InChI=1S/C18H24N4O2/c1-2-21-8-9-24-14-17(21)10-18(23)20-16-11-19-22(13-16)12-15-6-4-3-5-7-15/h3-7,11,13,17H,2,8-10,12,14H2,1H3,(H,20,23). The van der Waals surface area contributed by atoms with Gasteiger partial charge in [0, 0.05) is 25.2 Å². The van der Waals surface area contributed by atoms with E-state index in [4.69, 9.17) is 4.74 Å². The Kier molecular flexibility index (Phi) is 5.61. The van der Waals surface area contributed by atoms with Crippen LogP contribution in [-0.2, 0) is 16.1 Å². The number of benzene rings is 1. The normalized spacial score (nSPS) is 18.5. The second kappa shape index (κ2) is 8.08. The second-order valence-electron chi connectivity index (χ2n) is 6.02. The number of hydrogen-bond donors (Lipinski definition) is 1. The van der Waals surface area contributed by atoms with Crippen molar-refractivity contribution in [3.05, 3.63) is 48.3 Å². The van der Waals surface area contributed by atoms with Gasteiger partial charge in [-0.3, -0.25) is 14.4 Å². The minimum atomic E-state index is 0.00297. The van der Waals surface area contributed by atoms with Crippen molar-refractivity contribution in [1.82, 2.24) is 14.7 Å². The zero-order valence-corrected chi connectivity index (χ0v) is 14.0. The number of nitrogens with zero attached hydrogens (tertiary/aromatic N) is 3. The van der Waals surface area contributed by atoms with E-state index >= 15 is 0 Å². The van der Waals surface area contributed by atoms with Gasteiger partial charge in [-0.05, 0) is 12.1 Å². The average molecular weight is 328 g/mol. The molecule has 3 rings (SSSR count). The Balaban J connectivity index is 1.53. The molecule has 1 aromatic carbocycles. The van der Waals surface area contributed by atoms with E-state index in [9.17, 15) is 4.79 Å². The average Bonchev–Trinajstić information content (AvgIpc) is 3.03. The van der Waals surface area contributed by atoms with Crippen LogP contribution in [0.2, 0.25) is 0 Å². The summed E-state index contributed by atoms with van der Waals surface area (Å²) < 4.78 is 7.32. The lowest BCUT2D eigenvalue weighted by molar-refractivity contribution is -0.119. The van der Waals surface area contributed by atoms with Crippen LogP contribution < -0.4 is 5.32 Å². The Bertz CT molecular complexity index is 656. The Morgan fingerprint density at radius 1 is 1.38 bits per heavy atom. The van der Waals surface area contributed by atoms with Crippen molar-refractivity contribution >= 4 is 11.6 Å². The highest BCUT2D eigenvalue weighted by Crippen LogP contribution is 2.13. The summed E-state index contributed by atoms with van der Waals surface area (Å²) in [7, 11) is 0. The number of aromatic nitrogens is 2. The van der Waals surface area contributed by atoms with Crippen LogP contribution >= 0.6 is 0 Å². The lowest BCUT2D eigenvalue weighted by atomic mass is 10.1. The molecular formula is C18H24N4O2. The minimum Gasteiger partial charge on any atom is -0.378 e. The zero-order valence-electron chi connectivity index (χ0n) is 14.0. The molecule has 6 nitrogen and oxygen atoms in total. The molecule has 0 radical (unpaired) electrons. The van der Waals surface area contributed by atoms with Gasteiger partial charge in [0.05, 0.1) is 31.6 Å². The molecule has 0 spiro atoms. The van der Waals surface area contributed by atoms with Gasteiger partial charge in [0.15, 0.2) is 0 Å². The Morgan fingerprint density at radius 3 is 3.00 bits per heavy atom. The van der Waals surface area contributed by atoms with Gasteiger partial charge >= 0.3 is 0 Å². The summed E-state index contributed by atoms with van der Waals surface area (Å²) in [6, 6.07) is 10.3. The summed E-state index contributed by atoms with van der Waals surface area (Å²) in [6.07, 6.45) is 3.99. The molecule has 0 saturated carbocycles. The zero-order chi connectivity index (χ0) is 16.8. The van der Waals surface area contributed by atoms with Crippen LogP contribution in [0.4, 0.5) is 5.69 Å². The van der Waals surface area contributed by atoms with Crippen molar-refractivity contribution < 1.29 is 9.53 Å². The molecule has 1 aromatic heterocycles. The van der Waals surface area contributed by atoms with Gasteiger partial charge in [-0.1, -0.05) is 37.3 Å². The fourth-order valence-corrected chi connectivity index (χ4v) is 3.00. The number of morpholine rings is 1. The quantitative estimate of drug-likeness (QED) is 0.881. The first kappa shape index (κ1) is 16.7. The van der Waals surface area contributed by atoms with Gasteiger partial charge in [0.1, 0.15) is 0 Å². The van der Waals surface area contributed by atoms with Crippen molar-refractivity contribution in [2.75, 3.05) is 31.6 Å². The maximum absolute atomic E-state index is 12.3. The van der Waals surface area contributed by atoms with Gasteiger partial charge in [0.2, 0.25) is 5.91 Å². The van der Waals surface area contributed by atoms with Crippen LogP contribution in [0.5, 0.6) is 0 Å². The number of carbonyl (C=O) groups is 1. The van der Waals surface area contributed by atoms with E-state index in [1.165, 1.54) is 5.56 Å². The highest BCUT2D eigenvalue weighted by atomic mass is 16.5. The molecule has 2 heterocycles. The number of nitrogens with one attached hydrogen (secondary N) is 1. The predicted octanol–water partition coefficient (Wildman–Crippen LogP) is 1.98. The van der Waals surface area contributed by atoms with Crippen molar-refractivity contribution in [2.24, 2.45) is 0 Å². The molecule has 1 unspecified atom stereocenters. The van der Waals surface area contributed by atoms with Crippen LogP contribution in [-0.4, -0.2) is 52.9 Å². The Hall–Kier alpha value is -2.18. The SMILES string of the molecule is CCN1CCOCC1CC(=O)Nc1cnn(Cc2ccccc2)c1. The third kappa shape index (κ3) is 4.43. The number of likely N-dealkylation sites (N-methyl/N-ethyl adjacent to an activating group) is 1. The number of amides is 1. The molecule has 1 saturated heterocycles. The summed E-state index contributed by atoms with van der Waals surface area (Å²) in [5, 5.41) is 7.24. The summed E-state index contributed by atoms with van der Waals surface area (Å²) in [5.74, 6) is 0.00297. The molecule has 1 N–H and O–H groups in total. The van der Waals surface area contributed by atoms with E-state index in [2.05, 4.69) is 34.4 Å². The fraction of sp³-hybridized carbons (Fsp3) is 0.444. The summed E-state index contributed by atoms with van der Waals surface area (Å²) >= 11 is 0. The third-order valence-electron chi connectivity index (χ3n) is 4.28. The molecule has 1 aliphatic heterocycles. The van der Waals surface area contributed by atoms with Gasteiger partial charge in [-0.15, -0.1) is 0 Å². The molecule has 1 fully saturated rings. The monoisotopic (exact) mass is 328 g/mol. The smallest absolute Gasteiger partial charge is 0.226 e. The molecular weight excluding hydrogens is 304 g/mol. The maximum Gasteiger partial charge on any atom is 0.226 e. The fourth-order valence-electron chi connectivity index (χ4n) is 3.00. The van der Waals surface area contributed by atoms with E-state index in [1.807, 2.05) is 29.1 Å². The first-order valence-corrected chi connectivity index (χ1v) is 8.42. The van der Waals surface area contributed by atoms with E-state index in [1.54, 1.807) is 6.20 Å². The Labute approximate surface area is 142 Å². The van der Waals surface area contributed by atoms with Gasteiger partial charge < -0.3 is 10.1 Å². The third-order valence-corrected chi connectivity index (χ3v) is 4.28. The van der Waals surface area contributed by atoms with Gasteiger partial charge in [0.25, 0.3) is 0 Å². The molecule has 1 amide bonds.